The molecular weight excluding hydrogens is 284 g/mol. The zero-order valence-electron chi connectivity index (χ0n) is 11.6. The number of hydrogen-bond acceptors (Lipinski definition) is 4. The highest BCUT2D eigenvalue weighted by atomic mass is 32.1. The summed E-state index contributed by atoms with van der Waals surface area (Å²) in [4.78, 5) is 15.0. The highest BCUT2D eigenvalue weighted by Crippen LogP contribution is 2.34. The van der Waals surface area contributed by atoms with Gasteiger partial charge in [0.15, 0.2) is 0 Å². The molecule has 1 aliphatic rings. The van der Waals surface area contributed by atoms with Crippen LogP contribution in [0.25, 0.3) is 12.2 Å². The van der Waals surface area contributed by atoms with Gasteiger partial charge >= 0.3 is 0 Å². The number of nitro benzene ring substituents is 1. The van der Waals surface area contributed by atoms with E-state index in [1.54, 1.807) is 23.5 Å². The van der Waals surface area contributed by atoms with Crippen molar-refractivity contribution in [3.63, 3.8) is 0 Å². The number of nitro groups is 1. The Kier molecular flexibility index (Phi) is 4.10. The number of aromatic nitrogens is 1. The smallest absolute Gasteiger partial charge is 0.258 e. The first-order valence-corrected chi connectivity index (χ1v) is 7.98. The van der Waals surface area contributed by atoms with Crippen LogP contribution in [0, 0.1) is 10.1 Å². The molecule has 1 fully saturated rings. The third kappa shape index (κ3) is 3.36. The van der Waals surface area contributed by atoms with Crippen molar-refractivity contribution in [1.29, 1.82) is 0 Å². The van der Waals surface area contributed by atoms with Gasteiger partial charge in [0.25, 0.3) is 5.69 Å². The van der Waals surface area contributed by atoms with Crippen molar-refractivity contribution in [3.8, 4) is 0 Å². The average molecular weight is 300 g/mol. The summed E-state index contributed by atoms with van der Waals surface area (Å²) < 4.78 is 0. The zero-order chi connectivity index (χ0) is 14.7. The summed E-state index contributed by atoms with van der Waals surface area (Å²) in [7, 11) is 0. The summed E-state index contributed by atoms with van der Waals surface area (Å²) in [5, 5.41) is 13.9. The van der Waals surface area contributed by atoms with Gasteiger partial charge in [0.1, 0.15) is 5.01 Å². The molecule has 0 bridgehead atoms. The number of non-ortho nitro benzene ring substituents is 1. The van der Waals surface area contributed by atoms with E-state index in [1.807, 2.05) is 18.2 Å². The van der Waals surface area contributed by atoms with E-state index in [-0.39, 0.29) is 10.6 Å². The summed E-state index contributed by atoms with van der Waals surface area (Å²) in [5.41, 5.74) is 2.14. The molecule has 3 rings (SSSR count). The Morgan fingerprint density at radius 2 is 2.10 bits per heavy atom. The third-order valence-corrected chi connectivity index (χ3v) is 4.64. The van der Waals surface area contributed by atoms with Crippen LogP contribution in [0.1, 0.15) is 47.9 Å². The highest BCUT2D eigenvalue weighted by Gasteiger charge is 2.19. The van der Waals surface area contributed by atoms with Crippen LogP contribution in [0.4, 0.5) is 5.69 Å². The molecule has 1 aromatic heterocycles. The van der Waals surface area contributed by atoms with Gasteiger partial charge < -0.3 is 0 Å². The zero-order valence-corrected chi connectivity index (χ0v) is 12.4. The molecule has 1 heterocycles. The van der Waals surface area contributed by atoms with E-state index in [2.05, 4.69) is 10.4 Å². The molecule has 2 aromatic rings. The van der Waals surface area contributed by atoms with Gasteiger partial charge in [-0.15, -0.1) is 11.3 Å². The van der Waals surface area contributed by atoms with Crippen molar-refractivity contribution < 1.29 is 4.92 Å². The second kappa shape index (κ2) is 6.18. The number of thiazole rings is 1. The second-order valence-corrected chi connectivity index (χ2v) is 6.17. The fourth-order valence-corrected chi connectivity index (χ4v) is 3.49. The van der Waals surface area contributed by atoms with Gasteiger partial charge in [-0.2, -0.15) is 0 Å². The van der Waals surface area contributed by atoms with Crippen LogP contribution in [0.2, 0.25) is 0 Å². The van der Waals surface area contributed by atoms with E-state index in [0.29, 0.717) is 5.92 Å². The van der Waals surface area contributed by atoms with Crippen LogP contribution in [-0.4, -0.2) is 9.91 Å². The van der Waals surface area contributed by atoms with E-state index in [4.69, 9.17) is 0 Å². The monoisotopic (exact) mass is 300 g/mol. The molecular formula is C16H16N2O2S. The molecule has 0 radical (unpaired) electrons. The van der Waals surface area contributed by atoms with Gasteiger partial charge in [-0.1, -0.05) is 31.1 Å². The molecule has 1 aliphatic carbocycles. The van der Waals surface area contributed by atoms with Crippen LogP contribution in [-0.2, 0) is 0 Å². The Hall–Kier alpha value is -2.01. The maximum Gasteiger partial charge on any atom is 0.270 e. The normalized spacial score (nSPS) is 15.8. The quantitative estimate of drug-likeness (QED) is 0.597. The summed E-state index contributed by atoms with van der Waals surface area (Å²) in [6.07, 6.45) is 8.92. The molecule has 1 saturated carbocycles. The summed E-state index contributed by atoms with van der Waals surface area (Å²) in [6, 6.07) is 6.62. The van der Waals surface area contributed by atoms with Crippen LogP contribution >= 0.6 is 11.3 Å². The van der Waals surface area contributed by atoms with Crippen LogP contribution in [0.15, 0.2) is 29.6 Å². The Morgan fingerprint density at radius 1 is 1.29 bits per heavy atom. The van der Waals surface area contributed by atoms with E-state index >= 15 is 0 Å². The van der Waals surface area contributed by atoms with E-state index in [0.717, 1.165) is 10.6 Å². The van der Waals surface area contributed by atoms with Gasteiger partial charge in [0.2, 0.25) is 0 Å². The second-order valence-electron chi connectivity index (χ2n) is 5.28. The Morgan fingerprint density at radius 3 is 2.86 bits per heavy atom. The lowest BCUT2D eigenvalue weighted by molar-refractivity contribution is -0.384. The van der Waals surface area contributed by atoms with Crippen LogP contribution in [0.5, 0.6) is 0 Å². The minimum Gasteiger partial charge on any atom is -0.258 e. The minimum atomic E-state index is -0.376. The maximum atomic E-state index is 10.7. The Bertz CT molecular complexity index is 672. The largest absolute Gasteiger partial charge is 0.270 e. The summed E-state index contributed by atoms with van der Waals surface area (Å²) in [6.45, 7) is 0. The van der Waals surface area contributed by atoms with Crippen molar-refractivity contribution in [2.75, 3.05) is 0 Å². The Balaban J connectivity index is 1.73. The first-order valence-electron chi connectivity index (χ1n) is 7.10. The molecule has 5 heteroatoms. The topological polar surface area (TPSA) is 56.0 Å². The molecule has 0 spiro atoms. The Labute approximate surface area is 127 Å². The molecule has 0 N–H and O–H groups in total. The molecule has 21 heavy (non-hydrogen) atoms. The molecule has 0 aliphatic heterocycles. The SMILES string of the molecule is O=[N+]([O-])c1cccc(/C=C/c2nc(C3CCCC3)cs2)c1. The minimum absolute atomic E-state index is 0.114. The van der Waals surface area contributed by atoms with E-state index < -0.39 is 0 Å². The standard InChI is InChI=1S/C16H16N2O2S/c19-18(20)14-7-3-4-12(10-14)8-9-16-17-15(11-21-16)13-5-1-2-6-13/h3-4,7-11,13H,1-2,5-6H2/b9-8+. The van der Waals surface area contributed by atoms with Crippen molar-refractivity contribution in [2.24, 2.45) is 0 Å². The van der Waals surface area contributed by atoms with Crippen LogP contribution in [0.3, 0.4) is 0 Å². The lowest BCUT2D eigenvalue weighted by Crippen LogP contribution is -1.91. The lowest BCUT2D eigenvalue weighted by atomic mass is 10.1. The summed E-state index contributed by atoms with van der Waals surface area (Å²) >= 11 is 1.63. The van der Waals surface area contributed by atoms with Crippen molar-refractivity contribution in [1.82, 2.24) is 4.98 Å². The van der Waals surface area contributed by atoms with Gasteiger partial charge in [0, 0.05) is 23.4 Å². The molecule has 1 aromatic carbocycles. The highest BCUT2D eigenvalue weighted by molar-refractivity contribution is 7.10. The van der Waals surface area contributed by atoms with Crippen LogP contribution < -0.4 is 0 Å². The first-order chi connectivity index (χ1) is 10.2. The van der Waals surface area contributed by atoms with Gasteiger partial charge in [-0.05, 0) is 24.5 Å². The van der Waals surface area contributed by atoms with Gasteiger partial charge in [0.05, 0.1) is 10.6 Å². The van der Waals surface area contributed by atoms with Gasteiger partial charge in [-0.25, -0.2) is 4.98 Å². The number of rotatable bonds is 4. The molecule has 0 unspecified atom stereocenters. The summed E-state index contributed by atoms with van der Waals surface area (Å²) in [5.74, 6) is 0.626. The predicted molar refractivity (Wildman–Crippen MR) is 85.3 cm³/mol. The number of nitrogens with zero attached hydrogens (tertiary/aromatic N) is 2. The first kappa shape index (κ1) is 13.9. The number of benzene rings is 1. The predicted octanol–water partition coefficient (Wildman–Crippen LogP) is 4.88. The molecule has 0 saturated heterocycles. The maximum absolute atomic E-state index is 10.7. The number of hydrogen-bond donors (Lipinski definition) is 0. The third-order valence-electron chi connectivity index (χ3n) is 3.81. The molecule has 0 amide bonds. The molecule has 0 atom stereocenters. The van der Waals surface area contributed by atoms with E-state index in [9.17, 15) is 10.1 Å². The van der Waals surface area contributed by atoms with E-state index in [1.165, 1.54) is 37.4 Å². The fourth-order valence-electron chi connectivity index (χ4n) is 2.70. The molecule has 108 valence electrons. The van der Waals surface area contributed by atoms with Crippen molar-refractivity contribution in [3.05, 3.63) is 56.0 Å². The fraction of sp³-hybridized carbons (Fsp3) is 0.312. The lowest BCUT2D eigenvalue weighted by Gasteiger charge is -2.02. The van der Waals surface area contributed by atoms with Gasteiger partial charge in [-0.3, -0.25) is 10.1 Å². The molecule has 4 nitrogen and oxygen atoms in total. The van der Waals surface area contributed by atoms with Crippen molar-refractivity contribution >= 4 is 29.2 Å². The van der Waals surface area contributed by atoms with Crippen molar-refractivity contribution in [2.45, 2.75) is 31.6 Å². The average Bonchev–Trinajstić information content (AvgIpc) is 3.16.